The van der Waals surface area contributed by atoms with E-state index in [1.165, 1.54) is 0 Å². The van der Waals surface area contributed by atoms with E-state index in [0.717, 1.165) is 11.1 Å². The molecule has 0 radical (unpaired) electrons. The molecular formula is C26H33N3O5. The van der Waals surface area contributed by atoms with Gasteiger partial charge in [0, 0.05) is 32.0 Å². The van der Waals surface area contributed by atoms with Gasteiger partial charge in [-0.25, -0.2) is 4.79 Å². The number of rotatable bonds is 10. The summed E-state index contributed by atoms with van der Waals surface area (Å²) in [6.45, 7) is 1.80. The Balaban J connectivity index is 1.62. The maximum Gasteiger partial charge on any atom is 0.412 e. The molecule has 0 aromatic heterocycles. The first-order valence-electron chi connectivity index (χ1n) is 11.7. The number of piperidine rings is 1. The van der Waals surface area contributed by atoms with E-state index in [2.05, 4.69) is 10.6 Å². The number of anilines is 1. The number of benzene rings is 2. The van der Waals surface area contributed by atoms with Gasteiger partial charge in [-0.05, 0) is 50.4 Å². The first kappa shape index (κ1) is 25.2. The fourth-order valence-corrected chi connectivity index (χ4v) is 4.20. The highest BCUT2D eigenvalue weighted by atomic mass is 16.6. The predicted octanol–water partition coefficient (Wildman–Crippen LogP) is 4.13. The van der Waals surface area contributed by atoms with Gasteiger partial charge in [-0.15, -0.1) is 0 Å². The van der Waals surface area contributed by atoms with Crippen molar-refractivity contribution >= 4 is 23.7 Å². The van der Waals surface area contributed by atoms with E-state index >= 15 is 0 Å². The van der Waals surface area contributed by atoms with Crippen LogP contribution in [0.5, 0.6) is 0 Å². The molecule has 1 aliphatic heterocycles. The van der Waals surface area contributed by atoms with Gasteiger partial charge in [-0.1, -0.05) is 48.5 Å². The van der Waals surface area contributed by atoms with Gasteiger partial charge < -0.3 is 20.1 Å². The van der Waals surface area contributed by atoms with Crippen LogP contribution < -0.4 is 10.6 Å². The highest BCUT2D eigenvalue weighted by Gasteiger charge is 2.36. The second-order valence-electron chi connectivity index (χ2n) is 8.67. The van der Waals surface area contributed by atoms with Gasteiger partial charge in [0.2, 0.25) is 5.91 Å². The SMILES string of the molecule is CN(CCCC(=O)O)C(=O)CCC1(OC(=O)Nc2ccccc2-c2ccccc2)CCNCC1. The van der Waals surface area contributed by atoms with Crippen molar-refractivity contribution in [2.45, 2.75) is 44.1 Å². The van der Waals surface area contributed by atoms with Crippen LogP contribution in [0, 0.1) is 0 Å². The van der Waals surface area contributed by atoms with Crippen molar-refractivity contribution in [2.24, 2.45) is 0 Å². The first-order chi connectivity index (χ1) is 16.4. The van der Waals surface area contributed by atoms with Crippen LogP contribution in [0.2, 0.25) is 0 Å². The molecule has 0 atom stereocenters. The number of amides is 2. The number of carboxylic acid groups (broad SMARTS) is 1. The summed E-state index contributed by atoms with van der Waals surface area (Å²) in [5.41, 5.74) is 1.83. The molecule has 2 aromatic rings. The lowest BCUT2D eigenvalue weighted by molar-refractivity contribution is -0.138. The van der Waals surface area contributed by atoms with Crippen LogP contribution in [0.3, 0.4) is 0 Å². The third-order valence-electron chi connectivity index (χ3n) is 6.18. The minimum Gasteiger partial charge on any atom is -0.481 e. The van der Waals surface area contributed by atoms with Crippen molar-refractivity contribution in [3.63, 3.8) is 0 Å². The van der Waals surface area contributed by atoms with Gasteiger partial charge in [-0.2, -0.15) is 0 Å². The molecule has 0 aliphatic carbocycles. The first-order valence-corrected chi connectivity index (χ1v) is 11.7. The molecule has 34 heavy (non-hydrogen) atoms. The van der Waals surface area contributed by atoms with Crippen molar-refractivity contribution in [2.75, 3.05) is 32.0 Å². The maximum atomic E-state index is 12.9. The Labute approximate surface area is 200 Å². The zero-order valence-corrected chi connectivity index (χ0v) is 19.6. The average molecular weight is 468 g/mol. The quantitative estimate of drug-likeness (QED) is 0.485. The lowest BCUT2D eigenvalue weighted by atomic mass is 9.87. The topological polar surface area (TPSA) is 108 Å². The van der Waals surface area contributed by atoms with E-state index in [1.54, 1.807) is 11.9 Å². The molecule has 1 aliphatic rings. The van der Waals surface area contributed by atoms with Crippen molar-refractivity contribution in [3.8, 4) is 11.1 Å². The summed E-state index contributed by atoms with van der Waals surface area (Å²) in [5, 5.41) is 15.0. The molecule has 0 saturated carbocycles. The number of hydrogen-bond acceptors (Lipinski definition) is 5. The van der Waals surface area contributed by atoms with Crippen LogP contribution in [0.25, 0.3) is 11.1 Å². The Morgan fingerprint density at radius 3 is 2.41 bits per heavy atom. The Morgan fingerprint density at radius 1 is 1.03 bits per heavy atom. The van der Waals surface area contributed by atoms with Crippen molar-refractivity contribution in [3.05, 3.63) is 54.6 Å². The van der Waals surface area contributed by atoms with Crippen molar-refractivity contribution < 1.29 is 24.2 Å². The fraction of sp³-hybridized carbons (Fsp3) is 0.423. The van der Waals surface area contributed by atoms with Gasteiger partial charge in [0.25, 0.3) is 0 Å². The van der Waals surface area contributed by atoms with E-state index in [-0.39, 0.29) is 18.7 Å². The molecule has 3 N–H and O–H groups in total. The molecule has 0 bridgehead atoms. The van der Waals surface area contributed by atoms with Crippen LogP contribution in [0.4, 0.5) is 10.5 Å². The van der Waals surface area contributed by atoms with Gasteiger partial charge >= 0.3 is 12.1 Å². The number of carbonyl (C=O) groups is 3. The molecular weight excluding hydrogens is 434 g/mol. The summed E-state index contributed by atoms with van der Waals surface area (Å²) in [7, 11) is 1.67. The molecule has 2 aromatic carbocycles. The highest BCUT2D eigenvalue weighted by molar-refractivity contribution is 5.91. The number of nitrogens with zero attached hydrogens (tertiary/aromatic N) is 1. The van der Waals surface area contributed by atoms with Gasteiger partial charge in [0.1, 0.15) is 5.60 Å². The Bertz CT molecular complexity index is 973. The number of para-hydroxylation sites is 1. The van der Waals surface area contributed by atoms with E-state index in [1.807, 2.05) is 54.6 Å². The van der Waals surface area contributed by atoms with Crippen molar-refractivity contribution in [1.82, 2.24) is 10.2 Å². The predicted molar refractivity (Wildman–Crippen MR) is 131 cm³/mol. The summed E-state index contributed by atoms with van der Waals surface area (Å²) in [6, 6.07) is 17.4. The minimum atomic E-state index is -0.872. The summed E-state index contributed by atoms with van der Waals surface area (Å²) in [4.78, 5) is 37.8. The summed E-state index contributed by atoms with van der Waals surface area (Å²) < 4.78 is 5.98. The minimum absolute atomic E-state index is 0.0287. The second-order valence-corrected chi connectivity index (χ2v) is 8.67. The van der Waals surface area contributed by atoms with Crippen LogP contribution in [-0.4, -0.2) is 60.3 Å². The normalized spacial score (nSPS) is 14.7. The summed E-state index contributed by atoms with van der Waals surface area (Å²) >= 11 is 0. The lowest BCUT2D eigenvalue weighted by Gasteiger charge is -2.37. The zero-order valence-electron chi connectivity index (χ0n) is 19.6. The van der Waals surface area contributed by atoms with Gasteiger partial charge in [0.05, 0.1) is 5.69 Å². The second kappa shape index (κ2) is 12.2. The number of carbonyl (C=O) groups excluding carboxylic acids is 2. The van der Waals surface area contributed by atoms with Crippen molar-refractivity contribution in [1.29, 1.82) is 0 Å². The molecule has 8 heteroatoms. The number of carboxylic acids is 1. The van der Waals surface area contributed by atoms with Crippen LogP contribution in [0.15, 0.2) is 54.6 Å². The Morgan fingerprint density at radius 2 is 1.71 bits per heavy atom. The number of aliphatic carboxylic acids is 1. The number of hydrogen-bond donors (Lipinski definition) is 3. The third-order valence-corrected chi connectivity index (χ3v) is 6.18. The fourth-order valence-electron chi connectivity index (χ4n) is 4.20. The Hall–Kier alpha value is -3.39. The van der Waals surface area contributed by atoms with Gasteiger partial charge in [0.15, 0.2) is 0 Å². The molecule has 8 nitrogen and oxygen atoms in total. The molecule has 3 rings (SSSR count). The molecule has 2 amide bonds. The Kier molecular flexibility index (Phi) is 9.04. The lowest BCUT2D eigenvalue weighted by Crippen LogP contribution is -2.46. The molecule has 1 fully saturated rings. The summed E-state index contributed by atoms with van der Waals surface area (Å²) in [5.74, 6) is -0.954. The molecule has 0 unspecified atom stereocenters. The molecule has 0 spiro atoms. The third kappa shape index (κ3) is 7.31. The molecule has 1 heterocycles. The molecule has 1 saturated heterocycles. The van der Waals surface area contributed by atoms with Crippen LogP contribution >= 0.6 is 0 Å². The van der Waals surface area contributed by atoms with Crippen LogP contribution in [-0.2, 0) is 14.3 Å². The van der Waals surface area contributed by atoms with E-state index in [4.69, 9.17) is 9.84 Å². The monoisotopic (exact) mass is 467 g/mol. The zero-order chi connectivity index (χ0) is 24.4. The highest BCUT2D eigenvalue weighted by Crippen LogP contribution is 2.31. The molecule has 182 valence electrons. The maximum absolute atomic E-state index is 12.9. The number of nitrogens with one attached hydrogen (secondary N) is 2. The smallest absolute Gasteiger partial charge is 0.412 e. The van der Waals surface area contributed by atoms with Crippen LogP contribution in [0.1, 0.15) is 38.5 Å². The van der Waals surface area contributed by atoms with Gasteiger partial charge in [-0.3, -0.25) is 14.9 Å². The summed E-state index contributed by atoms with van der Waals surface area (Å²) in [6.07, 6.45) is 1.80. The largest absolute Gasteiger partial charge is 0.481 e. The number of ether oxygens (including phenoxy) is 1. The van der Waals surface area contributed by atoms with E-state index in [0.29, 0.717) is 51.0 Å². The standard InChI is InChI=1S/C26H33N3O5/c1-29(19-7-12-24(31)32)23(30)13-14-26(15-17-27-18-16-26)34-25(33)28-22-11-6-5-10-21(22)20-8-3-2-4-9-20/h2-6,8-11,27H,7,12-19H2,1H3,(H,28,33)(H,31,32). The van der Waals surface area contributed by atoms with E-state index < -0.39 is 17.7 Å². The average Bonchev–Trinajstić information content (AvgIpc) is 2.83. The van der Waals surface area contributed by atoms with E-state index in [9.17, 15) is 14.4 Å².